The summed E-state index contributed by atoms with van der Waals surface area (Å²) in [6.45, 7) is 0. The van der Waals surface area contributed by atoms with Crippen LogP contribution in [0, 0.1) is 6.07 Å². The first-order chi connectivity index (χ1) is 6.95. The van der Waals surface area contributed by atoms with Crippen molar-refractivity contribution in [3.8, 4) is 0 Å². The maximum atomic E-state index is 4.33. The van der Waals surface area contributed by atoms with Gasteiger partial charge in [-0.15, -0.1) is 0 Å². The van der Waals surface area contributed by atoms with Crippen LogP contribution in [0.25, 0.3) is 21.8 Å². The van der Waals surface area contributed by atoms with Crippen molar-refractivity contribution in [1.82, 2.24) is 9.97 Å². The Morgan fingerprint density at radius 1 is 1.00 bits per heavy atom. The highest BCUT2D eigenvalue weighted by molar-refractivity contribution is 6.03. The monoisotopic (exact) mass is 179 g/mol. The molecule has 0 aliphatic rings. The van der Waals surface area contributed by atoms with Crippen LogP contribution in [0.4, 0.5) is 0 Å². The van der Waals surface area contributed by atoms with Crippen molar-refractivity contribution >= 4 is 21.8 Å². The van der Waals surface area contributed by atoms with Gasteiger partial charge in [0.15, 0.2) is 0 Å². The van der Waals surface area contributed by atoms with E-state index in [1.807, 2.05) is 30.3 Å². The Hall–Kier alpha value is -1.96. The van der Waals surface area contributed by atoms with E-state index in [2.05, 4.69) is 16.0 Å². The first kappa shape index (κ1) is 7.44. The number of aromatic nitrogens is 2. The zero-order valence-corrected chi connectivity index (χ0v) is 7.44. The largest absolute Gasteiger partial charge is 0.253 e. The van der Waals surface area contributed by atoms with Crippen molar-refractivity contribution in [1.29, 1.82) is 0 Å². The molecule has 0 saturated carbocycles. The van der Waals surface area contributed by atoms with Gasteiger partial charge in [-0.3, -0.25) is 9.97 Å². The molecule has 1 aromatic heterocycles. The zero-order chi connectivity index (χ0) is 9.38. The number of rotatable bonds is 0. The van der Waals surface area contributed by atoms with E-state index in [4.69, 9.17) is 0 Å². The van der Waals surface area contributed by atoms with Crippen molar-refractivity contribution in [2.45, 2.75) is 0 Å². The van der Waals surface area contributed by atoms with Crippen molar-refractivity contribution < 1.29 is 0 Å². The highest BCUT2D eigenvalue weighted by Gasteiger charge is 2.00. The van der Waals surface area contributed by atoms with E-state index < -0.39 is 0 Å². The summed E-state index contributed by atoms with van der Waals surface area (Å²) in [4.78, 5) is 8.56. The van der Waals surface area contributed by atoms with E-state index in [-0.39, 0.29) is 0 Å². The van der Waals surface area contributed by atoms with Gasteiger partial charge in [0.05, 0.1) is 11.0 Å². The predicted molar refractivity (Wildman–Crippen MR) is 55.9 cm³/mol. The van der Waals surface area contributed by atoms with Gasteiger partial charge in [-0.1, -0.05) is 24.3 Å². The summed E-state index contributed by atoms with van der Waals surface area (Å²) in [5.74, 6) is 0. The van der Waals surface area contributed by atoms with Gasteiger partial charge < -0.3 is 0 Å². The number of nitrogens with zero attached hydrogens (tertiary/aromatic N) is 2. The van der Waals surface area contributed by atoms with Gasteiger partial charge in [-0.25, -0.2) is 0 Å². The van der Waals surface area contributed by atoms with Gasteiger partial charge in [0.1, 0.15) is 0 Å². The lowest BCUT2D eigenvalue weighted by molar-refractivity contribution is 1.30. The third-order valence-corrected chi connectivity index (χ3v) is 2.27. The summed E-state index contributed by atoms with van der Waals surface area (Å²) in [5.41, 5.74) is 1.84. The Labute approximate surface area is 81.2 Å². The molecule has 2 aromatic carbocycles. The Morgan fingerprint density at radius 3 is 2.86 bits per heavy atom. The number of hydrogen-bond acceptors (Lipinski definition) is 2. The standard InChI is InChI=1S/C12H7N2/c1-2-4-10-9(3-1)5-6-11-12(10)14-8-7-13-11/h1-4,6-8H. The molecular weight excluding hydrogens is 172 g/mol. The van der Waals surface area contributed by atoms with Gasteiger partial charge in [0.2, 0.25) is 0 Å². The molecule has 3 aromatic rings. The molecular formula is C12H7N2. The molecule has 1 radical (unpaired) electrons. The van der Waals surface area contributed by atoms with Crippen LogP contribution in [0.5, 0.6) is 0 Å². The van der Waals surface area contributed by atoms with Gasteiger partial charge in [0, 0.05) is 17.8 Å². The molecule has 0 bridgehead atoms. The summed E-state index contributed by atoms with van der Waals surface area (Å²) >= 11 is 0. The van der Waals surface area contributed by atoms with Crippen LogP contribution in [0.3, 0.4) is 0 Å². The summed E-state index contributed by atoms with van der Waals surface area (Å²) in [5, 5.41) is 2.19. The SMILES string of the molecule is [c]1cc2nccnc2c2ccccc12. The molecule has 0 N–H and O–H groups in total. The lowest BCUT2D eigenvalue weighted by Gasteiger charge is -2.00. The molecule has 0 amide bonds. The van der Waals surface area contributed by atoms with Crippen LogP contribution >= 0.6 is 0 Å². The molecule has 1 heterocycles. The van der Waals surface area contributed by atoms with E-state index in [1.54, 1.807) is 12.4 Å². The van der Waals surface area contributed by atoms with Crippen LogP contribution in [0.1, 0.15) is 0 Å². The average molecular weight is 179 g/mol. The summed E-state index contributed by atoms with van der Waals surface area (Å²) in [6, 6.07) is 13.2. The van der Waals surface area contributed by atoms with Crippen LogP contribution in [-0.4, -0.2) is 9.97 Å². The molecule has 2 heteroatoms. The van der Waals surface area contributed by atoms with Crippen molar-refractivity contribution in [3.05, 3.63) is 48.8 Å². The smallest absolute Gasteiger partial charge is 0.0965 e. The Balaban J connectivity index is 2.61. The maximum Gasteiger partial charge on any atom is 0.0965 e. The second-order valence-corrected chi connectivity index (χ2v) is 3.12. The van der Waals surface area contributed by atoms with E-state index in [9.17, 15) is 0 Å². The van der Waals surface area contributed by atoms with Crippen LogP contribution < -0.4 is 0 Å². The molecule has 0 aliphatic heterocycles. The molecule has 0 fully saturated rings. The lowest BCUT2D eigenvalue weighted by Crippen LogP contribution is -1.83. The van der Waals surface area contributed by atoms with Gasteiger partial charge in [0.25, 0.3) is 0 Å². The van der Waals surface area contributed by atoms with Gasteiger partial charge >= 0.3 is 0 Å². The minimum atomic E-state index is 0.895. The molecule has 65 valence electrons. The van der Waals surface area contributed by atoms with Gasteiger partial charge in [-0.05, 0) is 17.5 Å². The molecule has 0 atom stereocenters. The first-order valence-electron chi connectivity index (χ1n) is 4.45. The Morgan fingerprint density at radius 2 is 1.86 bits per heavy atom. The molecule has 3 rings (SSSR count). The van der Waals surface area contributed by atoms with Crippen LogP contribution in [0.2, 0.25) is 0 Å². The lowest BCUT2D eigenvalue weighted by atomic mass is 10.1. The highest BCUT2D eigenvalue weighted by atomic mass is 14.8. The normalized spacial score (nSPS) is 10.9. The molecule has 0 saturated heterocycles. The highest BCUT2D eigenvalue weighted by Crippen LogP contribution is 2.20. The van der Waals surface area contributed by atoms with E-state index in [0.717, 1.165) is 21.8 Å². The molecule has 2 nitrogen and oxygen atoms in total. The van der Waals surface area contributed by atoms with Crippen LogP contribution in [-0.2, 0) is 0 Å². The second-order valence-electron chi connectivity index (χ2n) is 3.12. The Kier molecular flexibility index (Phi) is 1.47. The maximum absolute atomic E-state index is 4.33. The first-order valence-corrected chi connectivity index (χ1v) is 4.45. The van der Waals surface area contributed by atoms with Gasteiger partial charge in [-0.2, -0.15) is 0 Å². The van der Waals surface area contributed by atoms with Crippen molar-refractivity contribution in [3.63, 3.8) is 0 Å². The fourth-order valence-corrected chi connectivity index (χ4v) is 1.62. The number of fused-ring (bicyclic) bond motifs is 3. The third kappa shape index (κ3) is 0.973. The summed E-state index contributed by atoms with van der Waals surface area (Å²) in [7, 11) is 0. The fraction of sp³-hybridized carbons (Fsp3) is 0. The van der Waals surface area contributed by atoms with Crippen LogP contribution in [0.15, 0.2) is 42.7 Å². The molecule has 0 aliphatic carbocycles. The molecule has 0 unspecified atom stereocenters. The Bertz CT molecular complexity index is 547. The second kappa shape index (κ2) is 2.77. The van der Waals surface area contributed by atoms with E-state index >= 15 is 0 Å². The molecule has 14 heavy (non-hydrogen) atoms. The average Bonchev–Trinajstić information content (AvgIpc) is 2.29. The summed E-state index contributed by atoms with van der Waals surface area (Å²) in [6.07, 6.45) is 3.42. The van der Waals surface area contributed by atoms with E-state index in [0.29, 0.717) is 0 Å². The summed E-state index contributed by atoms with van der Waals surface area (Å²) < 4.78 is 0. The minimum absolute atomic E-state index is 0.895. The zero-order valence-electron chi connectivity index (χ0n) is 7.44. The predicted octanol–water partition coefficient (Wildman–Crippen LogP) is 2.58. The topological polar surface area (TPSA) is 25.8 Å². The fourth-order valence-electron chi connectivity index (χ4n) is 1.62. The van der Waals surface area contributed by atoms with Crippen molar-refractivity contribution in [2.75, 3.05) is 0 Å². The third-order valence-electron chi connectivity index (χ3n) is 2.27. The van der Waals surface area contributed by atoms with E-state index in [1.165, 1.54) is 0 Å². The molecule has 0 spiro atoms. The number of hydrogen-bond donors (Lipinski definition) is 0. The minimum Gasteiger partial charge on any atom is -0.253 e. The number of benzene rings is 2. The quantitative estimate of drug-likeness (QED) is 0.496. The van der Waals surface area contributed by atoms with Crippen molar-refractivity contribution in [2.24, 2.45) is 0 Å².